The van der Waals surface area contributed by atoms with E-state index in [-0.39, 0.29) is 12.1 Å². The van der Waals surface area contributed by atoms with Crippen LogP contribution in [-0.2, 0) is 0 Å². The molecule has 0 bridgehead atoms. The van der Waals surface area contributed by atoms with Gasteiger partial charge in [0.1, 0.15) is 6.33 Å². The number of fused-ring (bicyclic) bond motifs is 1. The van der Waals surface area contributed by atoms with Crippen molar-refractivity contribution in [1.29, 1.82) is 0 Å². The summed E-state index contributed by atoms with van der Waals surface area (Å²) >= 11 is 12.5. The molecule has 1 aliphatic rings. The van der Waals surface area contributed by atoms with Gasteiger partial charge < -0.3 is 5.32 Å². The second-order valence-electron chi connectivity index (χ2n) is 6.00. The van der Waals surface area contributed by atoms with Gasteiger partial charge in [-0.05, 0) is 42.2 Å². The average molecular weight is 359 g/mol. The summed E-state index contributed by atoms with van der Waals surface area (Å²) in [4.78, 5) is 4.36. The summed E-state index contributed by atoms with van der Waals surface area (Å²) in [6, 6.07) is 14.2. The lowest BCUT2D eigenvalue weighted by atomic mass is 9.91. The van der Waals surface area contributed by atoms with Crippen LogP contribution in [0.4, 0.5) is 5.95 Å². The topological polar surface area (TPSA) is 42.7 Å². The van der Waals surface area contributed by atoms with E-state index in [1.165, 1.54) is 11.1 Å². The van der Waals surface area contributed by atoms with Crippen molar-refractivity contribution in [1.82, 2.24) is 14.8 Å². The maximum Gasteiger partial charge on any atom is 0.222 e. The van der Waals surface area contributed by atoms with E-state index in [1.807, 2.05) is 16.8 Å². The second-order valence-corrected chi connectivity index (χ2v) is 6.84. The Morgan fingerprint density at radius 1 is 1.12 bits per heavy atom. The van der Waals surface area contributed by atoms with Crippen LogP contribution in [-0.4, -0.2) is 14.8 Å². The van der Waals surface area contributed by atoms with Crippen molar-refractivity contribution >= 4 is 29.2 Å². The summed E-state index contributed by atoms with van der Waals surface area (Å²) in [5.74, 6) is 0.755. The van der Waals surface area contributed by atoms with E-state index in [2.05, 4.69) is 46.6 Å². The molecule has 2 heterocycles. The van der Waals surface area contributed by atoms with E-state index in [4.69, 9.17) is 23.2 Å². The highest BCUT2D eigenvalue weighted by Gasteiger charge is 2.31. The van der Waals surface area contributed by atoms with Crippen LogP contribution in [0.2, 0.25) is 10.0 Å². The van der Waals surface area contributed by atoms with Gasteiger partial charge in [0.05, 0.1) is 12.1 Å². The van der Waals surface area contributed by atoms with Gasteiger partial charge in [-0.15, -0.1) is 0 Å². The van der Waals surface area contributed by atoms with Crippen LogP contribution in [0.5, 0.6) is 0 Å². The minimum atomic E-state index is 0.0519. The Bertz CT molecular complexity index is 890. The van der Waals surface area contributed by atoms with Crippen molar-refractivity contribution in [2.75, 3.05) is 5.32 Å². The first-order chi connectivity index (χ1) is 11.6. The number of aryl methyl sites for hydroxylation is 1. The monoisotopic (exact) mass is 358 g/mol. The highest BCUT2D eigenvalue weighted by atomic mass is 35.5. The molecule has 122 valence electrons. The third-order valence-corrected chi connectivity index (χ3v) is 5.08. The summed E-state index contributed by atoms with van der Waals surface area (Å²) in [7, 11) is 0. The predicted molar refractivity (Wildman–Crippen MR) is 96.8 cm³/mol. The Morgan fingerprint density at radius 2 is 1.96 bits per heavy atom. The molecule has 2 atom stereocenters. The van der Waals surface area contributed by atoms with Gasteiger partial charge in [-0.25, -0.2) is 4.68 Å². The fraction of sp³-hybridized carbons (Fsp3) is 0.222. The van der Waals surface area contributed by atoms with Crippen LogP contribution in [0.25, 0.3) is 0 Å². The van der Waals surface area contributed by atoms with Crippen molar-refractivity contribution in [3.63, 3.8) is 0 Å². The van der Waals surface area contributed by atoms with E-state index in [0.29, 0.717) is 10.0 Å². The van der Waals surface area contributed by atoms with Gasteiger partial charge in [0.25, 0.3) is 0 Å². The minimum absolute atomic E-state index is 0.0519. The highest BCUT2D eigenvalue weighted by Crippen LogP contribution is 2.40. The third-order valence-electron chi connectivity index (χ3n) is 4.52. The van der Waals surface area contributed by atoms with Gasteiger partial charge in [-0.3, -0.25) is 0 Å². The molecule has 4 rings (SSSR count). The molecule has 2 aromatic carbocycles. The Hall–Kier alpha value is -2.04. The van der Waals surface area contributed by atoms with Crippen LogP contribution in [0.1, 0.15) is 35.2 Å². The van der Waals surface area contributed by atoms with Gasteiger partial charge >= 0.3 is 0 Å². The van der Waals surface area contributed by atoms with Crippen LogP contribution in [0.3, 0.4) is 0 Å². The first kappa shape index (κ1) is 15.5. The standard InChI is InChI=1S/C18H16Cl2N4/c1-11-4-2-3-5-13(11)17-9-16(23-18-21-10-22-24(17)18)14-7-6-12(19)8-15(14)20/h2-8,10,16-17H,9H2,1H3,(H,21,22,23)/t16-,17+/m0/s1. The molecule has 3 aromatic rings. The van der Waals surface area contributed by atoms with Gasteiger partial charge in [0.2, 0.25) is 5.95 Å². The van der Waals surface area contributed by atoms with E-state index in [0.717, 1.165) is 17.9 Å². The summed E-state index contributed by atoms with van der Waals surface area (Å²) in [6.07, 6.45) is 2.42. The first-order valence-corrected chi connectivity index (χ1v) is 8.55. The highest BCUT2D eigenvalue weighted by molar-refractivity contribution is 6.35. The van der Waals surface area contributed by atoms with Crippen molar-refractivity contribution < 1.29 is 0 Å². The zero-order chi connectivity index (χ0) is 16.7. The average Bonchev–Trinajstić information content (AvgIpc) is 3.03. The number of benzene rings is 2. The fourth-order valence-corrected chi connectivity index (χ4v) is 3.87. The molecular formula is C18H16Cl2N4. The number of halogens is 2. The van der Waals surface area contributed by atoms with E-state index < -0.39 is 0 Å². The molecule has 0 amide bonds. The largest absolute Gasteiger partial charge is 0.347 e. The van der Waals surface area contributed by atoms with Crippen molar-refractivity contribution in [2.24, 2.45) is 0 Å². The number of nitrogens with zero attached hydrogens (tertiary/aromatic N) is 3. The number of nitrogens with one attached hydrogen (secondary N) is 1. The van der Waals surface area contributed by atoms with E-state index in [9.17, 15) is 0 Å². The predicted octanol–water partition coefficient (Wildman–Crippen LogP) is 5.04. The van der Waals surface area contributed by atoms with E-state index in [1.54, 1.807) is 12.4 Å². The summed E-state index contributed by atoms with van der Waals surface area (Å²) < 4.78 is 1.95. The maximum atomic E-state index is 6.42. The molecule has 0 radical (unpaired) electrons. The molecule has 24 heavy (non-hydrogen) atoms. The molecule has 4 nitrogen and oxygen atoms in total. The Balaban J connectivity index is 1.78. The molecule has 6 heteroatoms. The molecule has 0 aliphatic carbocycles. The lowest BCUT2D eigenvalue weighted by molar-refractivity contribution is 0.429. The molecule has 0 saturated carbocycles. The SMILES string of the molecule is Cc1ccccc1[C@H]1C[C@@H](c2ccc(Cl)cc2Cl)Nc2ncnn21. The number of hydrogen-bond donors (Lipinski definition) is 1. The summed E-state index contributed by atoms with van der Waals surface area (Å²) in [5, 5.41) is 9.14. The van der Waals surface area contributed by atoms with Crippen LogP contribution in [0, 0.1) is 6.92 Å². The van der Waals surface area contributed by atoms with Gasteiger partial charge in [0, 0.05) is 10.0 Å². The minimum Gasteiger partial charge on any atom is -0.347 e. The lowest BCUT2D eigenvalue weighted by Gasteiger charge is -2.32. The Morgan fingerprint density at radius 3 is 2.75 bits per heavy atom. The molecule has 1 N–H and O–H groups in total. The number of hydrogen-bond acceptors (Lipinski definition) is 3. The van der Waals surface area contributed by atoms with Crippen molar-refractivity contribution in [3.05, 3.63) is 75.5 Å². The summed E-state index contributed by atoms with van der Waals surface area (Å²) in [6.45, 7) is 2.12. The lowest BCUT2D eigenvalue weighted by Crippen LogP contribution is -2.28. The number of aromatic nitrogens is 3. The molecule has 1 aliphatic heterocycles. The van der Waals surface area contributed by atoms with Crippen molar-refractivity contribution in [2.45, 2.75) is 25.4 Å². The zero-order valence-electron chi connectivity index (χ0n) is 13.1. The van der Waals surface area contributed by atoms with Crippen LogP contribution >= 0.6 is 23.2 Å². The quantitative estimate of drug-likeness (QED) is 0.697. The van der Waals surface area contributed by atoms with Gasteiger partial charge in [0.15, 0.2) is 0 Å². The van der Waals surface area contributed by atoms with Gasteiger partial charge in [-0.2, -0.15) is 10.1 Å². The second kappa shape index (κ2) is 6.11. The van der Waals surface area contributed by atoms with E-state index >= 15 is 0 Å². The molecule has 0 unspecified atom stereocenters. The Labute approximate surface area is 150 Å². The Kier molecular flexibility index (Phi) is 3.94. The molecule has 1 aromatic heterocycles. The number of rotatable bonds is 2. The fourth-order valence-electron chi connectivity index (χ4n) is 3.33. The third kappa shape index (κ3) is 2.66. The normalized spacial score (nSPS) is 19.6. The summed E-state index contributed by atoms with van der Waals surface area (Å²) in [5.41, 5.74) is 3.52. The zero-order valence-corrected chi connectivity index (χ0v) is 14.6. The molecule has 0 saturated heterocycles. The number of anilines is 1. The molecule has 0 fully saturated rings. The van der Waals surface area contributed by atoms with Crippen LogP contribution in [0.15, 0.2) is 48.8 Å². The smallest absolute Gasteiger partial charge is 0.222 e. The van der Waals surface area contributed by atoms with Crippen molar-refractivity contribution in [3.8, 4) is 0 Å². The van der Waals surface area contributed by atoms with Crippen LogP contribution < -0.4 is 5.32 Å². The molecular weight excluding hydrogens is 343 g/mol. The first-order valence-electron chi connectivity index (χ1n) is 7.80. The maximum absolute atomic E-state index is 6.42. The molecule has 0 spiro atoms. The van der Waals surface area contributed by atoms with Gasteiger partial charge in [-0.1, -0.05) is 53.5 Å².